The molecule has 21 heteroatoms. The quantitative estimate of drug-likeness (QED) is 0.0677. The molecule has 0 unspecified atom stereocenters. The largest absolute Gasteiger partial charge is 1.00 e. The molecule has 0 N–H and O–H groups in total. The summed E-state index contributed by atoms with van der Waals surface area (Å²) in [5.41, 5.74) is 2.38. The third-order valence-corrected chi connectivity index (χ3v) is 12.6. The van der Waals surface area contributed by atoms with Crippen molar-refractivity contribution in [3.63, 3.8) is 0 Å². The fraction of sp³-hybridized carbons (Fsp3) is 0.270. The molecule has 0 saturated heterocycles. The van der Waals surface area contributed by atoms with Crippen LogP contribution in [-0.2, 0) is 51.3 Å². The van der Waals surface area contributed by atoms with Crippen LogP contribution in [0, 0.1) is 0 Å². The molecule has 2 aliphatic heterocycles. The van der Waals surface area contributed by atoms with Crippen LogP contribution in [0.25, 0.3) is 5.57 Å². The molecule has 0 amide bonds. The van der Waals surface area contributed by atoms with Crippen molar-refractivity contribution in [2.75, 3.05) is 29.5 Å². The monoisotopic (exact) mass is 898 g/mol. The summed E-state index contributed by atoms with van der Waals surface area (Å²) in [5.74, 6) is -1.48. The standard InChI is InChI=1S/C37H40N2O12S4.3Na/c1-36(2)30-24-28(54(46,47)48)16-18-32(30)38(20-22-52(40,41)42)34(36)14-8-12-27(26-10-6-5-7-11-26)13-9-15-35-37(3,4)31-25-29(55(49,50)51)17-19-33(31)39(35)21-23-53(43,44)45;;;/h5-19,24-25H,20-23H2,1-4H3,(H3-,40,41,42,43,44,45,46,47,48,49,50,51);;;/q;3*+1/p-3. The number of rotatable bonds is 13. The number of hydrogen-bond acceptors (Lipinski definition) is 13. The normalized spacial score (nSPS) is 17.2. The van der Waals surface area contributed by atoms with E-state index in [-0.39, 0.29) is 102 Å². The Bertz CT molecular complexity index is 2660. The summed E-state index contributed by atoms with van der Waals surface area (Å²) in [5, 5.41) is 0. The van der Waals surface area contributed by atoms with Crippen molar-refractivity contribution < 1.29 is 145 Å². The van der Waals surface area contributed by atoms with E-state index in [0.29, 0.717) is 39.5 Å². The van der Waals surface area contributed by atoms with Crippen molar-refractivity contribution in [2.45, 2.75) is 48.3 Å². The minimum atomic E-state index is -4.81. The summed E-state index contributed by atoms with van der Waals surface area (Å²) < 4.78 is 143. The maximum Gasteiger partial charge on any atom is 1.00 e. The van der Waals surface area contributed by atoms with Crippen molar-refractivity contribution in [3.8, 4) is 0 Å². The molecular formula is C37H37N2Na3O12S4. The third kappa shape index (κ3) is 12.4. The van der Waals surface area contributed by atoms with Crippen molar-refractivity contribution in [1.82, 2.24) is 0 Å². The van der Waals surface area contributed by atoms with Crippen LogP contribution in [0.15, 0.2) is 119 Å². The molecule has 0 aromatic heterocycles. The zero-order valence-electron chi connectivity index (χ0n) is 33.1. The number of benzene rings is 3. The second kappa shape index (κ2) is 19.8. The Morgan fingerprint density at radius 2 is 1.24 bits per heavy atom. The zero-order valence-corrected chi connectivity index (χ0v) is 42.3. The molecule has 0 bridgehead atoms. The number of allylic oxidation sites excluding steroid dienone is 8. The average Bonchev–Trinajstić information content (AvgIpc) is 3.42. The molecule has 14 nitrogen and oxygen atoms in total. The minimum Gasteiger partial charge on any atom is -0.748 e. The first-order valence-corrected chi connectivity index (χ1v) is 22.6. The van der Waals surface area contributed by atoms with Crippen LogP contribution in [0.3, 0.4) is 0 Å². The van der Waals surface area contributed by atoms with Gasteiger partial charge in [0.05, 0.1) is 36.8 Å². The number of nitrogens with zero attached hydrogens (tertiary/aromatic N) is 2. The Kier molecular flexibility index (Phi) is 18.1. The number of anilines is 1. The summed E-state index contributed by atoms with van der Waals surface area (Å²) in [4.78, 5) is 0.687. The van der Waals surface area contributed by atoms with Crippen LogP contribution in [0.2, 0.25) is 0 Å². The first kappa shape index (κ1) is 52.9. The maximum absolute atomic E-state index is 11.8. The van der Waals surface area contributed by atoms with Crippen LogP contribution >= 0.6 is 0 Å². The molecule has 58 heavy (non-hydrogen) atoms. The second-order valence-corrected chi connectivity index (χ2v) is 19.8. The average molecular weight is 899 g/mol. The van der Waals surface area contributed by atoms with Gasteiger partial charge in [0.2, 0.25) is 5.69 Å². The molecule has 0 spiro atoms. The van der Waals surface area contributed by atoms with E-state index < -0.39 is 72.6 Å². The molecule has 3 aromatic rings. The van der Waals surface area contributed by atoms with Gasteiger partial charge >= 0.3 is 88.7 Å². The van der Waals surface area contributed by atoms with Gasteiger partial charge in [0.1, 0.15) is 30.4 Å². The summed E-state index contributed by atoms with van der Waals surface area (Å²) in [6.45, 7) is 6.61. The van der Waals surface area contributed by atoms with Crippen LogP contribution in [0.1, 0.15) is 44.4 Å². The van der Waals surface area contributed by atoms with Gasteiger partial charge in [-0.25, -0.2) is 33.7 Å². The fourth-order valence-electron chi connectivity index (χ4n) is 6.87. The second-order valence-electron chi connectivity index (χ2n) is 14.0. The Morgan fingerprint density at radius 1 is 0.690 bits per heavy atom. The molecule has 294 valence electrons. The SMILES string of the molecule is CC1(C)C(/C=C/C=C(/C=C/C=C2/N(CCS(=O)(=O)[O-])c3ccc(S(=O)(=O)[O-])cc3C2(C)C)c2ccccc2)=[N+](CCS(=O)(=O)[O-])c2ccc(S(=O)(=O)[O-])cc21.[Na+].[Na+].[Na+]. The van der Waals surface area contributed by atoms with Gasteiger partial charge in [-0.1, -0.05) is 68.5 Å². The molecule has 2 heterocycles. The number of hydrogen-bond donors (Lipinski definition) is 0. The molecule has 3 aromatic carbocycles. The Morgan fingerprint density at radius 3 is 1.79 bits per heavy atom. The van der Waals surface area contributed by atoms with Crippen LogP contribution in [0.5, 0.6) is 0 Å². The topological polar surface area (TPSA) is 235 Å². The van der Waals surface area contributed by atoms with Gasteiger partial charge in [-0.3, -0.25) is 0 Å². The van der Waals surface area contributed by atoms with E-state index >= 15 is 0 Å². The van der Waals surface area contributed by atoms with Crippen molar-refractivity contribution in [2.24, 2.45) is 0 Å². The first-order chi connectivity index (χ1) is 25.3. The van der Waals surface area contributed by atoms with Gasteiger partial charge in [0.15, 0.2) is 12.3 Å². The zero-order chi connectivity index (χ0) is 40.8. The fourth-order valence-corrected chi connectivity index (χ4v) is 8.68. The molecule has 0 atom stereocenters. The Balaban J connectivity index is 0.00000387. The summed E-state index contributed by atoms with van der Waals surface area (Å²) in [6, 6.07) is 16.7. The summed E-state index contributed by atoms with van der Waals surface area (Å²) >= 11 is 0. The van der Waals surface area contributed by atoms with Gasteiger partial charge < -0.3 is 23.1 Å². The molecule has 5 rings (SSSR count). The molecule has 2 aliphatic rings. The van der Waals surface area contributed by atoms with E-state index in [2.05, 4.69) is 0 Å². The van der Waals surface area contributed by atoms with Crippen LogP contribution < -0.4 is 93.6 Å². The van der Waals surface area contributed by atoms with Gasteiger partial charge in [-0.15, -0.1) is 0 Å². The van der Waals surface area contributed by atoms with E-state index in [9.17, 15) is 51.9 Å². The number of fused-ring (bicyclic) bond motifs is 2. The van der Waals surface area contributed by atoms with E-state index in [1.165, 1.54) is 24.3 Å². The molecule has 0 fully saturated rings. The van der Waals surface area contributed by atoms with Gasteiger partial charge in [-0.05, 0) is 67.0 Å². The Hall–Kier alpha value is -1.27. The van der Waals surface area contributed by atoms with E-state index in [4.69, 9.17) is 0 Å². The van der Waals surface area contributed by atoms with E-state index in [1.807, 2.05) is 30.3 Å². The third-order valence-electron chi connectivity index (χ3n) is 9.60. The predicted molar refractivity (Wildman–Crippen MR) is 202 cm³/mol. The summed E-state index contributed by atoms with van der Waals surface area (Å²) in [6.07, 6.45) is 10.3. The van der Waals surface area contributed by atoms with Crippen LogP contribution in [-0.4, -0.2) is 86.8 Å². The van der Waals surface area contributed by atoms with Gasteiger partial charge in [-0.2, -0.15) is 4.58 Å². The first-order valence-electron chi connectivity index (χ1n) is 16.6. The van der Waals surface area contributed by atoms with E-state index in [1.54, 1.807) is 73.6 Å². The van der Waals surface area contributed by atoms with E-state index in [0.717, 1.165) is 17.7 Å². The van der Waals surface area contributed by atoms with Crippen LogP contribution in [0.4, 0.5) is 11.4 Å². The Labute approximate surface area is 406 Å². The van der Waals surface area contributed by atoms with Crippen molar-refractivity contribution in [3.05, 3.63) is 126 Å². The van der Waals surface area contributed by atoms with Gasteiger partial charge in [0.25, 0.3) is 0 Å². The predicted octanol–water partition coefficient (Wildman–Crippen LogP) is -5.15. The molecular weight excluding hydrogens is 862 g/mol. The smallest absolute Gasteiger partial charge is 0.748 e. The molecule has 0 aliphatic carbocycles. The summed E-state index contributed by atoms with van der Waals surface area (Å²) in [7, 11) is -18.9. The van der Waals surface area contributed by atoms with Crippen molar-refractivity contribution >= 4 is 63.1 Å². The minimum absolute atomic E-state index is 0. The van der Waals surface area contributed by atoms with Gasteiger partial charge in [0, 0.05) is 41.1 Å². The maximum atomic E-state index is 11.8. The molecule has 0 radical (unpaired) electrons. The van der Waals surface area contributed by atoms with Crippen molar-refractivity contribution in [1.29, 1.82) is 0 Å². The molecule has 0 saturated carbocycles.